The van der Waals surface area contributed by atoms with Crippen LogP contribution in [0.3, 0.4) is 0 Å². The van der Waals surface area contributed by atoms with Gasteiger partial charge in [0.05, 0.1) is 5.69 Å². The highest BCUT2D eigenvalue weighted by Crippen LogP contribution is 2.36. The molecule has 0 aliphatic heterocycles. The average Bonchev–Trinajstić information content (AvgIpc) is 2.36. The van der Waals surface area contributed by atoms with Gasteiger partial charge in [0.1, 0.15) is 11.2 Å². The summed E-state index contributed by atoms with van der Waals surface area (Å²) in [7, 11) is 0. The number of nitrogens with two attached hydrogens (primary N) is 1. The van der Waals surface area contributed by atoms with Gasteiger partial charge in [-0.15, -0.1) is 0 Å². The van der Waals surface area contributed by atoms with Crippen LogP contribution in [-0.2, 0) is 6.18 Å². The van der Waals surface area contributed by atoms with Crippen molar-refractivity contribution in [3.8, 4) is 5.75 Å². The first-order chi connectivity index (χ1) is 9.32. The smallest absolute Gasteiger partial charge is 0.432 e. The average molecular weight is 293 g/mol. The molecule has 0 saturated carbocycles. The van der Waals surface area contributed by atoms with E-state index in [1.54, 1.807) is 0 Å². The third kappa shape index (κ3) is 2.72. The first-order valence-electron chi connectivity index (χ1n) is 5.25. The van der Waals surface area contributed by atoms with E-state index in [-0.39, 0.29) is 16.6 Å². The summed E-state index contributed by atoms with van der Waals surface area (Å²) >= 11 is 0. The molecule has 9 heteroatoms. The van der Waals surface area contributed by atoms with Crippen molar-refractivity contribution in [3.05, 3.63) is 30.0 Å². The summed E-state index contributed by atoms with van der Waals surface area (Å²) in [4.78, 5) is 3.33. The standard InChI is InChI=1S/C11H8F5N3O/c12-10(13)20-7-3-1-2-5-6(19-17)4-8(11(14,15)16)18-9(5)7/h1-4,10H,17H2,(H,18,19). The predicted octanol–water partition coefficient (Wildman–Crippen LogP) is 3.14. The second kappa shape index (κ2) is 5.08. The zero-order valence-electron chi connectivity index (χ0n) is 9.71. The van der Waals surface area contributed by atoms with Gasteiger partial charge in [-0.05, 0) is 12.1 Å². The number of anilines is 1. The number of halogens is 5. The van der Waals surface area contributed by atoms with E-state index in [4.69, 9.17) is 5.84 Å². The number of aromatic nitrogens is 1. The van der Waals surface area contributed by atoms with Crippen molar-refractivity contribution in [1.29, 1.82) is 0 Å². The fraction of sp³-hybridized carbons (Fsp3) is 0.182. The number of hydrogen-bond acceptors (Lipinski definition) is 4. The molecule has 2 aromatic rings. The van der Waals surface area contributed by atoms with E-state index in [2.05, 4.69) is 15.1 Å². The van der Waals surface area contributed by atoms with Gasteiger partial charge in [-0.1, -0.05) is 12.1 Å². The second-order valence-electron chi connectivity index (χ2n) is 3.73. The van der Waals surface area contributed by atoms with Gasteiger partial charge in [0, 0.05) is 5.39 Å². The lowest BCUT2D eigenvalue weighted by Crippen LogP contribution is -2.13. The molecule has 0 radical (unpaired) electrons. The molecular formula is C11H8F5N3O. The Hall–Kier alpha value is -2.16. The summed E-state index contributed by atoms with van der Waals surface area (Å²) in [6.07, 6.45) is -4.74. The number of pyridine rings is 1. The van der Waals surface area contributed by atoms with Gasteiger partial charge >= 0.3 is 12.8 Å². The van der Waals surface area contributed by atoms with Gasteiger partial charge in [-0.3, -0.25) is 5.84 Å². The van der Waals surface area contributed by atoms with Gasteiger partial charge in [0.2, 0.25) is 0 Å². The third-order valence-corrected chi connectivity index (χ3v) is 2.46. The van der Waals surface area contributed by atoms with E-state index in [0.29, 0.717) is 6.07 Å². The summed E-state index contributed by atoms with van der Waals surface area (Å²) in [6.45, 7) is -3.17. The normalized spacial score (nSPS) is 11.9. The maximum Gasteiger partial charge on any atom is 0.433 e. The number of nitrogens with one attached hydrogen (secondary N) is 1. The molecule has 0 fully saturated rings. The number of rotatable bonds is 3. The van der Waals surface area contributed by atoms with Crippen LogP contribution in [0.25, 0.3) is 10.9 Å². The van der Waals surface area contributed by atoms with E-state index in [1.165, 1.54) is 12.1 Å². The molecule has 0 amide bonds. The lowest BCUT2D eigenvalue weighted by Gasteiger charge is -2.13. The molecule has 0 spiro atoms. The number of ether oxygens (including phenoxy) is 1. The molecule has 4 nitrogen and oxygen atoms in total. The number of fused-ring (bicyclic) bond motifs is 1. The van der Waals surface area contributed by atoms with Gasteiger partial charge in [-0.25, -0.2) is 4.98 Å². The van der Waals surface area contributed by atoms with Crippen LogP contribution in [0.2, 0.25) is 0 Å². The van der Waals surface area contributed by atoms with Crippen molar-refractivity contribution in [3.63, 3.8) is 0 Å². The van der Waals surface area contributed by atoms with Crippen molar-refractivity contribution in [2.24, 2.45) is 5.84 Å². The first-order valence-corrected chi connectivity index (χ1v) is 5.25. The molecule has 1 aromatic heterocycles. The molecule has 108 valence electrons. The maximum atomic E-state index is 12.7. The second-order valence-corrected chi connectivity index (χ2v) is 3.73. The van der Waals surface area contributed by atoms with Gasteiger partial charge in [-0.2, -0.15) is 22.0 Å². The molecule has 0 bridgehead atoms. The summed E-state index contributed by atoms with van der Waals surface area (Å²) in [5.41, 5.74) is 0.372. The fourth-order valence-electron chi connectivity index (χ4n) is 1.68. The first kappa shape index (κ1) is 14.3. The van der Waals surface area contributed by atoms with Crippen molar-refractivity contribution < 1.29 is 26.7 Å². The Morgan fingerprint density at radius 2 is 1.95 bits per heavy atom. The molecule has 1 heterocycles. The lowest BCUT2D eigenvalue weighted by molar-refractivity contribution is -0.140. The molecule has 0 aliphatic carbocycles. The van der Waals surface area contributed by atoms with Gasteiger partial charge in [0.25, 0.3) is 0 Å². The molecule has 3 N–H and O–H groups in total. The number of alkyl halides is 5. The maximum absolute atomic E-state index is 12.7. The molecule has 0 unspecified atom stereocenters. The Morgan fingerprint density at radius 1 is 1.25 bits per heavy atom. The highest BCUT2D eigenvalue weighted by molar-refractivity contribution is 5.95. The summed E-state index contributed by atoms with van der Waals surface area (Å²) < 4.78 is 66.8. The minimum absolute atomic E-state index is 0.0953. The molecular weight excluding hydrogens is 285 g/mol. The van der Waals surface area contributed by atoms with Crippen molar-refractivity contribution in [2.75, 3.05) is 5.43 Å². The minimum Gasteiger partial charge on any atom is -0.432 e. The Kier molecular flexibility index (Phi) is 3.62. The zero-order valence-corrected chi connectivity index (χ0v) is 9.71. The molecule has 0 atom stereocenters. The van der Waals surface area contributed by atoms with Crippen molar-refractivity contribution in [1.82, 2.24) is 4.98 Å². The number of hydrogen-bond donors (Lipinski definition) is 2. The summed E-state index contributed by atoms with van der Waals surface area (Å²) in [5.74, 6) is 4.69. The predicted molar refractivity (Wildman–Crippen MR) is 61.2 cm³/mol. The largest absolute Gasteiger partial charge is 0.433 e. The van der Waals surface area contributed by atoms with Crippen molar-refractivity contribution in [2.45, 2.75) is 12.8 Å². The quantitative estimate of drug-likeness (QED) is 0.518. The summed E-state index contributed by atoms with van der Waals surface area (Å²) in [6, 6.07) is 4.52. The van der Waals surface area contributed by atoms with Crippen LogP contribution in [0.15, 0.2) is 24.3 Å². The molecule has 2 rings (SSSR count). The number of para-hydroxylation sites is 1. The van der Waals surface area contributed by atoms with Crippen LogP contribution in [0, 0.1) is 0 Å². The van der Waals surface area contributed by atoms with E-state index in [0.717, 1.165) is 6.07 Å². The Labute approximate surface area is 109 Å². The van der Waals surface area contributed by atoms with Gasteiger partial charge in [0.15, 0.2) is 5.75 Å². The molecule has 20 heavy (non-hydrogen) atoms. The number of hydrazine groups is 1. The van der Waals surface area contributed by atoms with Crippen LogP contribution in [0.4, 0.5) is 27.6 Å². The Balaban J connectivity index is 2.72. The Bertz CT molecular complexity index is 629. The van der Waals surface area contributed by atoms with Gasteiger partial charge < -0.3 is 10.2 Å². The SMILES string of the molecule is NNc1cc(C(F)(F)F)nc2c(OC(F)F)cccc12. The number of nitrogens with zero attached hydrogens (tertiary/aromatic N) is 1. The number of benzene rings is 1. The Morgan fingerprint density at radius 3 is 2.50 bits per heavy atom. The molecule has 0 saturated heterocycles. The number of nitrogen functional groups attached to an aromatic ring is 1. The molecule has 1 aromatic carbocycles. The van der Waals surface area contributed by atoms with Crippen LogP contribution in [-0.4, -0.2) is 11.6 Å². The van der Waals surface area contributed by atoms with Crippen LogP contribution in [0.5, 0.6) is 5.75 Å². The monoisotopic (exact) mass is 293 g/mol. The zero-order chi connectivity index (χ0) is 14.9. The van der Waals surface area contributed by atoms with Crippen molar-refractivity contribution >= 4 is 16.6 Å². The highest BCUT2D eigenvalue weighted by atomic mass is 19.4. The molecule has 0 aliphatic rings. The highest BCUT2D eigenvalue weighted by Gasteiger charge is 2.33. The van der Waals surface area contributed by atoms with E-state index in [9.17, 15) is 22.0 Å². The van der Waals surface area contributed by atoms with E-state index in [1.807, 2.05) is 0 Å². The van der Waals surface area contributed by atoms with E-state index < -0.39 is 24.2 Å². The van der Waals surface area contributed by atoms with Crippen LogP contribution in [0.1, 0.15) is 5.69 Å². The van der Waals surface area contributed by atoms with Crippen LogP contribution >= 0.6 is 0 Å². The summed E-state index contributed by atoms with van der Waals surface area (Å²) in [5, 5.41) is 0.138. The third-order valence-electron chi connectivity index (χ3n) is 2.46. The fourth-order valence-corrected chi connectivity index (χ4v) is 1.68. The lowest BCUT2D eigenvalue weighted by atomic mass is 10.1. The van der Waals surface area contributed by atoms with Crippen LogP contribution < -0.4 is 16.0 Å². The topological polar surface area (TPSA) is 60.2 Å². The minimum atomic E-state index is -4.74. The van der Waals surface area contributed by atoms with E-state index >= 15 is 0 Å².